The fraction of sp³-hybridized carbons (Fsp3) is 0.824. The van der Waals surface area contributed by atoms with E-state index in [0.29, 0.717) is 126 Å². The first-order valence-electron chi connectivity index (χ1n) is 17.3. The third-order valence-corrected chi connectivity index (χ3v) is 5.89. The summed E-state index contributed by atoms with van der Waals surface area (Å²) >= 11 is 0. The van der Waals surface area contributed by atoms with Crippen LogP contribution in [0.3, 0.4) is 0 Å². The Labute approximate surface area is 302 Å². The second kappa shape index (κ2) is 42.9. The normalized spacial score (nSPS) is 12.5. The van der Waals surface area contributed by atoms with Crippen LogP contribution >= 0.6 is 0 Å². The van der Waals surface area contributed by atoms with Crippen molar-refractivity contribution >= 4 is 0 Å². The summed E-state index contributed by atoms with van der Waals surface area (Å²) in [6, 6.07) is 9.67. The molecule has 51 heavy (non-hydrogen) atoms. The lowest BCUT2D eigenvalue weighted by Gasteiger charge is -2.19. The van der Waals surface area contributed by atoms with E-state index in [0.717, 1.165) is 5.56 Å². The van der Waals surface area contributed by atoms with Crippen molar-refractivity contribution in [3.05, 3.63) is 35.9 Å². The molecule has 1 aromatic carbocycles. The Morgan fingerprint density at radius 3 is 1.10 bits per heavy atom. The van der Waals surface area contributed by atoms with Gasteiger partial charge in [-0.3, -0.25) is 0 Å². The number of hydrogen-bond donors (Lipinski definition) is 5. The van der Waals surface area contributed by atoms with Crippen LogP contribution in [0.5, 0.6) is 0 Å². The maximum atomic E-state index is 9.92. The summed E-state index contributed by atoms with van der Waals surface area (Å²) in [5.74, 6) is 0. The van der Waals surface area contributed by atoms with Crippen molar-refractivity contribution in [2.75, 3.05) is 165 Å². The highest BCUT2D eigenvalue weighted by molar-refractivity contribution is 5.13. The van der Waals surface area contributed by atoms with Crippen LogP contribution in [0.2, 0.25) is 0 Å². The molecule has 0 saturated heterocycles. The van der Waals surface area contributed by atoms with Crippen LogP contribution < -0.4 is 0 Å². The number of rotatable bonds is 39. The topological polar surface area (TPSA) is 212 Å². The van der Waals surface area contributed by atoms with Gasteiger partial charge in [-0.25, -0.2) is 0 Å². The quantitative estimate of drug-likeness (QED) is 0.0405. The van der Waals surface area contributed by atoms with E-state index >= 15 is 0 Å². The average molecular weight is 745 g/mol. The van der Waals surface area contributed by atoms with E-state index in [-0.39, 0.29) is 46.2 Å². The van der Waals surface area contributed by atoms with Crippen molar-refractivity contribution in [2.24, 2.45) is 0 Å². The molecule has 5 N–H and O–H groups in total. The van der Waals surface area contributed by atoms with Crippen LogP contribution in [0.4, 0.5) is 0 Å². The lowest BCUT2D eigenvalue weighted by atomic mass is 10.2. The van der Waals surface area contributed by atoms with Crippen LogP contribution in [0.25, 0.3) is 0 Å². The van der Waals surface area contributed by atoms with Crippen molar-refractivity contribution in [3.8, 4) is 0 Å². The molecule has 0 saturated carbocycles. The van der Waals surface area contributed by atoms with E-state index in [1.807, 2.05) is 30.3 Å². The average Bonchev–Trinajstić information content (AvgIpc) is 3.15. The van der Waals surface area contributed by atoms with Crippen molar-refractivity contribution in [1.82, 2.24) is 0 Å². The highest BCUT2D eigenvalue weighted by atomic mass is 16.7. The molecule has 302 valence electrons. The summed E-state index contributed by atoms with van der Waals surface area (Å²) in [6.07, 6.45) is -1.65. The molecule has 17 heteroatoms. The minimum Gasteiger partial charge on any atom is -0.394 e. The lowest BCUT2D eigenvalue weighted by molar-refractivity contribution is -0.185. The van der Waals surface area contributed by atoms with E-state index in [4.69, 9.17) is 72.2 Å². The van der Waals surface area contributed by atoms with Gasteiger partial charge < -0.3 is 82.4 Å². The number of benzene rings is 1. The van der Waals surface area contributed by atoms with E-state index in [1.165, 1.54) is 0 Å². The van der Waals surface area contributed by atoms with Crippen molar-refractivity contribution < 1.29 is 82.4 Å². The fourth-order valence-electron chi connectivity index (χ4n) is 3.48. The Kier molecular flexibility index (Phi) is 41.7. The molecule has 2 atom stereocenters. The zero-order valence-electron chi connectivity index (χ0n) is 30.1. The maximum absolute atomic E-state index is 9.92. The molecule has 0 aromatic heterocycles. The molecule has 2 unspecified atom stereocenters. The Hall–Kier alpha value is -1.46. The van der Waals surface area contributed by atoms with Gasteiger partial charge in [-0.1, -0.05) is 30.3 Å². The van der Waals surface area contributed by atoms with E-state index in [2.05, 4.69) is 0 Å². The first-order valence-corrected chi connectivity index (χ1v) is 17.3. The summed E-state index contributed by atoms with van der Waals surface area (Å²) in [5.41, 5.74) is 1.02. The molecule has 0 fully saturated rings. The summed E-state index contributed by atoms with van der Waals surface area (Å²) in [5, 5.41) is 44.7. The third-order valence-electron chi connectivity index (χ3n) is 5.89. The monoisotopic (exact) mass is 744 g/mol. The Bertz CT molecular complexity index is 752. The zero-order valence-corrected chi connectivity index (χ0v) is 30.1. The minimum atomic E-state index is -0.836. The molecule has 0 heterocycles. The van der Waals surface area contributed by atoms with Gasteiger partial charge in [0.15, 0.2) is 6.29 Å². The summed E-state index contributed by atoms with van der Waals surface area (Å²) in [7, 11) is 0. The van der Waals surface area contributed by atoms with E-state index in [1.54, 1.807) is 0 Å². The van der Waals surface area contributed by atoms with Crippen molar-refractivity contribution in [2.45, 2.75) is 19.0 Å². The molecule has 0 aliphatic carbocycles. The van der Waals surface area contributed by atoms with Crippen molar-refractivity contribution in [3.63, 3.8) is 0 Å². The van der Waals surface area contributed by atoms with Gasteiger partial charge in [0.2, 0.25) is 0 Å². The second-order valence-electron chi connectivity index (χ2n) is 10.2. The Morgan fingerprint density at radius 2 is 0.745 bits per heavy atom. The predicted molar refractivity (Wildman–Crippen MR) is 184 cm³/mol. The lowest BCUT2D eigenvalue weighted by Crippen LogP contribution is -2.30. The number of aliphatic hydroxyl groups is 5. The van der Waals surface area contributed by atoms with Gasteiger partial charge in [0.25, 0.3) is 0 Å². The predicted octanol–water partition coefficient (Wildman–Crippen LogP) is -0.972. The highest BCUT2D eigenvalue weighted by Gasteiger charge is 2.12. The summed E-state index contributed by atoms with van der Waals surface area (Å²) in [6.45, 7) is 8.56. The number of aliphatic hydroxyl groups excluding tert-OH is 5. The summed E-state index contributed by atoms with van der Waals surface area (Å²) in [4.78, 5) is 0. The minimum absolute atomic E-state index is 0.00958. The van der Waals surface area contributed by atoms with Crippen LogP contribution in [-0.4, -0.2) is 203 Å². The van der Waals surface area contributed by atoms with Gasteiger partial charge in [-0.2, -0.15) is 0 Å². The third kappa shape index (κ3) is 39.6. The maximum Gasteiger partial charge on any atom is 0.180 e. The Balaban J connectivity index is 0.00000112. The highest BCUT2D eigenvalue weighted by Crippen LogP contribution is 2.02. The molecule has 1 aromatic rings. The molecule has 0 radical (unpaired) electrons. The van der Waals surface area contributed by atoms with Crippen molar-refractivity contribution in [1.29, 1.82) is 0 Å². The van der Waals surface area contributed by atoms with Crippen LogP contribution in [0, 0.1) is 0 Å². The number of hydrogen-bond acceptors (Lipinski definition) is 17. The number of ether oxygens (including phenoxy) is 12. The SMILES string of the molecule is OCCOCCOCCOCCOCCOC(CO)OCC(O)COCc1ccccc1.OCCOCCOCCOCCOCCOCCO. The molecule has 0 bridgehead atoms. The molecule has 0 aliphatic heterocycles. The fourth-order valence-corrected chi connectivity index (χ4v) is 3.48. The van der Waals surface area contributed by atoms with Crippen LogP contribution in [0.1, 0.15) is 5.56 Å². The van der Waals surface area contributed by atoms with E-state index < -0.39 is 12.4 Å². The van der Waals surface area contributed by atoms with Crippen LogP contribution in [-0.2, 0) is 63.4 Å². The molecule has 0 amide bonds. The molecule has 0 spiro atoms. The summed E-state index contributed by atoms with van der Waals surface area (Å²) < 4.78 is 63.1. The van der Waals surface area contributed by atoms with Gasteiger partial charge in [0.05, 0.1) is 172 Å². The smallest absolute Gasteiger partial charge is 0.180 e. The second-order valence-corrected chi connectivity index (χ2v) is 10.2. The molecule has 17 nitrogen and oxygen atoms in total. The standard InChI is InChI=1S/C22H38O10.C12H26O7/c23-6-7-26-8-9-27-10-11-28-12-13-29-14-15-31-22(16-24)32-19-21(25)18-30-17-20-4-2-1-3-5-20;13-1-3-15-5-7-17-9-11-19-12-10-18-8-6-16-4-2-14/h1-5,21-25H,6-19H2;13-14H,1-12H2. The largest absolute Gasteiger partial charge is 0.394 e. The Morgan fingerprint density at radius 1 is 0.392 bits per heavy atom. The van der Waals surface area contributed by atoms with Gasteiger partial charge in [-0.15, -0.1) is 0 Å². The van der Waals surface area contributed by atoms with Crippen LogP contribution in [0.15, 0.2) is 30.3 Å². The van der Waals surface area contributed by atoms with Gasteiger partial charge in [0.1, 0.15) is 6.10 Å². The van der Waals surface area contributed by atoms with E-state index in [9.17, 15) is 10.2 Å². The molecular formula is C34H64O17. The first kappa shape index (κ1) is 49.5. The van der Waals surface area contributed by atoms with Gasteiger partial charge >= 0.3 is 0 Å². The zero-order chi connectivity index (χ0) is 37.1. The molecular weight excluding hydrogens is 680 g/mol. The first-order chi connectivity index (χ1) is 25.2. The molecule has 0 aliphatic rings. The molecule has 1 rings (SSSR count). The van der Waals surface area contributed by atoms with Gasteiger partial charge in [0, 0.05) is 0 Å². The van der Waals surface area contributed by atoms with Gasteiger partial charge in [-0.05, 0) is 5.56 Å².